The van der Waals surface area contributed by atoms with E-state index in [4.69, 9.17) is 9.88 Å². The van der Waals surface area contributed by atoms with E-state index >= 15 is 0 Å². The van der Waals surface area contributed by atoms with Gasteiger partial charge in [0.2, 0.25) is 10.0 Å². The van der Waals surface area contributed by atoms with Crippen molar-refractivity contribution in [1.29, 1.82) is 0 Å². The minimum absolute atomic E-state index is 0.0536. The first-order chi connectivity index (χ1) is 5.92. The predicted molar refractivity (Wildman–Crippen MR) is 52.9 cm³/mol. The second-order valence-electron chi connectivity index (χ2n) is 3.54. The molecule has 0 saturated heterocycles. The van der Waals surface area contributed by atoms with Crippen LogP contribution >= 0.6 is 0 Å². The second-order valence-corrected chi connectivity index (χ2v) is 5.28. The normalized spacial score (nSPS) is 12.3. The van der Waals surface area contributed by atoms with Gasteiger partial charge in [0.05, 0.1) is 5.75 Å². The van der Waals surface area contributed by atoms with Crippen LogP contribution < -0.4 is 5.14 Å². The van der Waals surface area contributed by atoms with Gasteiger partial charge in [0.15, 0.2) is 0 Å². The Hall–Kier alpha value is -0.130. The molecule has 0 aromatic rings. The highest BCUT2D eigenvalue weighted by Gasteiger charge is 2.01. The van der Waals surface area contributed by atoms with E-state index in [-0.39, 0.29) is 5.75 Å². The van der Waals surface area contributed by atoms with Crippen LogP contribution in [0.1, 0.15) is 26.7 Å². The minimum Gasteiger partial charge on any atom is -0.381 e. The molecule has 13 heavy (non-hydrogen) atoms. The Kier molecular flexibility index (Phi) is 6.28. The van der Waals surface area contributed by atoms with Crippen molar-refractivity contribution in [3.8, 4) is 0 Å². The van der Waals surface area contributed by atoms with Gasteiger partial charge in [-0.05, 0) is 18.8 Å². The number of ether oxygens (including phenoxy) is 1. The predicted octanol–water partition coefficient (Wildman–Crippen LogP) is 0.728. The Morgan fingerprint density at radius 1 is 1.31 bits per heavy atom. The molecule has 0 aliphatic carbocycles. The summed E-state index contributed by atoms with van der Waals surface area (Å²) in [6, 6.07) is 0. The topological polar surface area (TPSA) is 69.4 Å². The highest BCUT2D eigenvalue weighted by Crippen LogP contribution is 1.96. The van der Waals surface area contributed by atoms with Gasteiger partial charge < -0.3 is 4.74 Å². The molecular weight excluding hydrogens is 190 g/mol. The van der Waals surface area contributed by atoms with E-state index in [2.05, 4.69) is 13.8 Å². The zero-order valence-electron chi connectivity index (χ0n) is 8.32. The Balaban J connectivity index is 3.18. The van der Waals surface area contributed by atoms with E-state index < -0.39 is 10.0 Å². The number of nitrogens with two attached hydrogens (primary N) is 1. The molecule has 0 spiro atoms. The summed E-state index contributed by atoms with van der Waals surface area (Å²) in [5.74, 6) is 0.580. The van der Waals surface area contributed by atoms with Crippen molar-refractivity contribution < 1.29 is 13.2 Å². The molecule has 2 N–H and O–H groups in total. The highest BCUT2D eigenvalue weighted by atomic mass is 32.2. The molecular formula is C8H19NO3S. The summed E-state index contributed by atoms with van der Waals surface area (Å²) in [6.07, 6.45) is 1.33. The standard InChI is InChI=1S/C8H19NO3S/c1-8(2)7-12-5-3-4-6-13(9,10)11/h8H,3-7H2,1-2H3,(H2,9,10,11). The lowest BCUT2D eigenvalue weighted by Crippen LogP contribution is -2.16. The molecule has 0 amide bonds. The van der Waals surface area contributed by atoms with Crippen LogP contribution in [0.3, 0.4) is 0 Å². The lowest BCUT2D eigenvalue weighted by Gasteiger charge is -2.05. The van der Waals surface area contributed by atoms with Crippen LogP contribution in [0.15, 0.2) is 0 Å². The first kappa shape index (κ1) is 12.9. The van der Waals surface area contributed by atoms with Crippen molar-refractivity contribution in [3.05, 3.63) is 0 Å². The van der Waals surface area contributed by atoms with Crippen LogP contribution in [0.5, 0.6) is 0 Å². The van der Waals surface area contributed by atoms with Crippen molar-refractivity contribution >= 4 is 10.0 Å². The molecule has 0 rings (SSSR count). The van der Waals surface area contributed by atoms with Gasteiger partial charge in [-0.2, -0.15) is 0 Å². The van der Waals surface area contributed by atoms with E-state index in [9.17, 15) is 8.42 Å². The maximum absolute atomic E-state index is 10.5. The van der Waals surface area contributed by atoms with Gasteiger partial charge in [0.1, 0.15) is 0 Å². The van der Waals surface area contributed by atoms with Crippen molar-refractivity contribution in [2.75, 3.05) is 19.0 Å². The first-order valence-electron chi connectivity index (χ1n) is 4.50. The highest BCUT2D eigenvalue weighted by molar-refractivity contribution is 7.89. The van der Waals surface area contributed by atoms with Crippen LogP contribution in [0.25, 0.3) is 0 Å². The fourth-order valence-electron chi connectivity index (χ4n) is 0.826. The Bertz CT molecular complexity index is 211. The summed E-state index contributed by atoms with van der Waals surface area (Å²) in [7, 11) is -3.28. The summed E-state index contributed by atoms with van der Waals surface area (Å²) in [5, 5.41) is 4.83. The number of rotatable bonds is 7. The van der Waals surface area contributed by atoms with E-state index in [0.29, 0.717) is 18.9 Å². The third kappa shape index (κ3) is 11.9. The van der Waals surface area contributed by atoms with E-state index in [1.165, 1.54) is 0 Å². The Labute approximate surface area is 80.5 Å². The average molecular weight is 209 g/mol. The molecule has 0 bridgehead atoms. The van der Waals surface area contributed by atoms with E-state index in [1.54, 1.807) is 0 Å². The maximum Gasteiger partial charge on any atom is 0.209 e. The molecule has 4 nitrogen and oxygen atoms in total. The molecule has 5 heteroatoms. The monoisotopic (exact) mass is 209 g/mol. The van der Waals surface area contributed by atoms with Gasteiger partial charge in [-0.3, -0.25) is 0 Å². The summed E-state index contributed by atoms with van der Waals surface area (Å²) < 4.78 is 26.3. The van der Waals surface area contributed by atoms with Crippen molar-refractivity contribution in [2.24, 2.45) is 11.1 Å². The van der Waals surface area contributed by atoms with Crippen molar-refractivity contribution in [2.45, 2.75) is 26.7 Å². The minimum atomic E-state index is -3.28. The smallest absolute Gasteiger partial charge is 0.209 e. The molecule has 80 valence electrons. The number of hydrogen-bond donors (Lipinski definition) is 1. The zero-order chi connectivity index (χ0) is 10.3. The third-order valence-corrected chi connectivity index (χ3v) is 2.28. The summed E-state index contributed by atoms with van der Waals surface area (Å²) in [5.41, 5.74) is 0. The molecule has 0 aromatic carbocycles. The lowest BCUT2D eigenvalue weighted by atomic mass is 10.2. The maximum atomic E-state index is 10.5. The largest absolute Gasteiger partial charge is 0.381 e. The second kappa shape index (κ2) is 6.34. The quantitative estimate of drug-likeness (QED) is 0.628. The molecule has 0 aromatic heterocycles. The van der Waals surface area contributed by atoms with Crippen LogP contribution in [0.4, 0.5) is 0 Å². The lowest BCUT2D eigenvalue weighted by molar-refractivity contribution is 0.107. The van der Waals surface area contributed by atoms with Crippen molar-refractivity contribution in [3.63, 3.8) is 0 Å². The van der Waals surface area contributed by atoms with Crippen molar-refractivity contribution in [1.82, 2.24) is 0 Å². The third-order valence-electron chi connectivity index (χ3n) is 1.42. The molecule has 0 unspecified atom stereocenters. The van der Waals surface area contributed by atoms with E-state index in [0.717, 1.165) is 13.0 Å². The number of primary sulfonamides is 1. The fraction of sp³-hybridized carbons (Fsp3) is 1.00. The first-order valence-corrected chi connectivity index (χ1v) is 6.21. The van der Waals surface area contributed by atoms with Gasteiger partial charge in [0.25, 0.3) is 0 Å². The van der Waals surface area contributed by atoms with Crippen LogP contribution in [-0.4, -0.2) is 27.4 Å². The fourth-order valence-corrected chi connectivity index (χ4v) is 1.43. The van der Waals surface area contributed by atoms with Gasteiger partial charge >= 0.3 is 0 Å². The number of sulfonamides is 1. The van der Waals surface area contributed by atoms with Gasteiger partial charge in [-0.1, -0.05) is 13.8 Å². The average Bonchev–Trinajstić information content (AvgIpc) is 1.93. The SMILES string of the molecule is CC(C)COCCCCS(N)(=O)=O. The number of hydrogen-bond acceptors (Lipinski definition) is 3. The molecule has 0 aliphatic rings. The zero-order valence-corrected chi connectivity index (χ0v) is 9.14. The summed E-state index contributed by atoms with van der Waals surface area (Å²) in [4.78, 5) is 0. The molecule has 0 saturated carbocycles. The Morgan fingerprint density at radius 3 is 2.38 bits per heavy atom. The molecule has 0 heterocycles. The summed E-state index contributed by atoms with van der Waals surface area (Å²) in [6.45, 7) is 5.50. The van der Waals surface area contributed by atoms with Gasteiger partial charge in [0, 0.05) is 13.2 Å². The Morgan fingerprint density at radius 2 is 1.92 bits per heavy atom. The molecule has 0 radical (unpaired) electrons. The van der Waals surface area contributed by atoms with Crippen LogP contribution in [0, 0.1) is 5.92 Å². The van der Waals surface area contributed by atoms with Crippen LogP contribution in [-0.2, 0) is 14.8 Å². The molecule has 0 atom stereocenters. The molecule has 0 aliphatic heterocycles. The summed E-state index contributed by atoms with van der Waals surface area (Å²) >= 11 is 0. The molecule has 0 fully saturated rings. The number of unbranched alkanes of at least 4 members (excludes halogenated alkanes) is 1. The van der Waals surface area contributed by atoms with Crippen LogP contribution in [0.2, 0.25) is 0 Å². The van der Waals surface area contributed by atoms with Gasteiger partial charge in [-0.25, -0.2) is 13.6 Å². The van der Waals surface area contributed by atoms with E-state index in [1.807, 2.05) is 0 Å². The van der Waals surface area contributed by atoms with Gasteiger partial charge in [-0.15, -0.1) is 0 Å².